The number of halogens is 3. The molecule has 32 heavy (non-hydrogen) atoms. The van der Waals surface area contributed by atoms with E-state index in [1.165, 1.54) is 12.1 Å². The zero-order valence-electron chi connectivity index (χ0n) is 16.9. The molecular formula is C24H19F3N4O. The average molecular weight is 436 g/mol. The van der Waals surface area contributed by atoms with Crippen LogP contribution in [0.15, 0.2) is 73.1 Å². The van der Waals surface area contributed by atoms with Gasteiger partial charge in [0.1, 0.15) is 5.65 Å². The topological polar surface area (TPSA) is 49.6 Å². The van der Waals surface area contributed by atoms with Gasteiger partial charge in [0.25, 0.3) is 5.91 Å². The lowest BCUT2D eigenvalue weighted by Gasteiger charge is -2.20. The van der Waals surface area contributed by atoms with Gasteiger partial charge in [0.05, 0.1) is 24.0 Å². The van der Waals surface area contributed by atoms with Crippen LogP contribution in [0.4, 0.5) is 24.5 Å². The molecule has 3 heterocycles. The van der Waals surface area contributed by atoms with Crippen molar-refractivity contribution in [3.05, 3.63) is 95.4 Å². The first kappa shape index (κ1) is 20.1. The van der Waals surface area contributed by atoms with Crippen molar-refractivity contribution in [3.63, 3.8) is 0 Å². The van der Waals surface area contributed by atoms with Crippen LogP contribution in [-0.2, 0) is 19.1 Å². The van der Waals surface area contributed by atoms with Crippen molar-refractivity contribution >= 4 is 22.9 Å². The number of imidazole rings is 1. The second-order valence-corrected chi connectivity index (χ2v) is 7.73. The summed E-state index contributed by atoms with van der Waals surface area (Å²) in [6.45, 7) is 1.45. The van der Waals surface area contributed by atoms with Gasteiger partial charge < -0.3 is 14.6 Å². The molecule has 0 aliphatic carbocycles. The molecule has 0 radical (unpaired) electrons. The van der Waals surface area contributed by atoms with E-state index in [1.54, 1.807) is 12.1 Å². The van der Waals surface area contributed by atoms with Crippen molar-refractivity contribution in [2.45, 2.75) is 19.1 Å². The minimum Gasteiger partial charge on any atom is -0.365 e. The Morgan fingerprint density at radius 3 is 2.78 bits per heavy atom. The number of fused-ring (bicyclic) bond motifs is 2. The van der Waals surface area contributed by atoms with Crippen molar-refractivity contribution < 1.29 is 18.0 Å². The Morgan fingerprint density at radius 1 is 1.06 bits per heavy atom. The van der Waals surface area contributed by atoms with Gasteiger partial charge in [-0.2, -0.15) is 13.2 Å². The zero-order chi connectivity index (χ0) is 22.3. The van der Waals surface area contributed by atoms with Gasteiger partial charge in [0.15, 0.2) is 0 Å². The maximum Gasteiger partial charge on any atom is 0.416 e. The molecule has 5 rings (SSSR count). The highest BCUT2D eigenvalue weighted by atomic mass is 19.4. The van der Waals surface area contributed by atoms with E-state index < -0.39 is 17.6 Å². The number of hydrogen-bond acceptors (Lipinski definition) is 3. The highest BCUT2D eigenvalue weighted by molar-refractivity contribution is 6.05. The molecule has 0 fully saturated rings. The molecular weight excluding hydrogens is 417 g/mol. The lowest BCUT2D eigenvalue weighted by molar-refractivity contribution is -0.137. The summed E-state index contributed by atoms with van der Waals surface area (Å²) in [6, 6.07) is 15.9. The third-order valence-electron chi connectivity index (χ3n) is 5.63. The molecule has 0 spiro atoms. The van der Waals surface area contributed by atoms with E-state index in [4.69, 9.17) is 0 Å². The zero-order valence-corrected chi connectivity index (χ0v) is 16.9. The van der Waals surface area contributed by atoms with E-state index in [9.17, 15) is 18.0 Å². The summed E-state index contributed by atoms with van der Waals surface area (Å²) < 4.78 is 40.9. The third kappa shape index (κ3) is 3.79. The Balaban J connectivity index is 1.37. The monoisotopic (exact) mass is 436 g/mol. The molecule has 0 saturated heterocycles. The number of aromatic nitrogens is 2. The van der Waals surface area contributed by atoms with E-state index in [0.717, 1.165) is 47.7 Å². The number of amides is 1. The highest BCUT2D eigenvalue weighted by Gasteiger charge is 2.30. The van der Waals surface area contributed by atoms with Crippen LogP contribution in [0, 0.1) is 0 Å². The van der Waals surface area contributed by atoms with Crippen molar-refractivity contribution in [2.75, 3.05) is 16.8 Å². The quantitative estimate of drug-likeness (QED) is 0.480. The molecule has 2 aromatic carbocycles. The molecule has 1 N–H and O–H groups in total. The predicted octanol–water partition coefficient (Wildman–Crippen LogP) is 5.17. The normalized spacial score (nSPS) is 13.4. The number of nitrogens with one attached hydrogen (secondary N) is 1. The van der Waals surface area contributed by atoms with Crippen molar-refractivity contribution in [2.24, 2.45) is 0 Å². The minimum atomic E-state index is -4.47. The number of rotatable bonds is 4. The molecule has 0 saturated carbocycles. The summed E-state index contributed by atoms with van der Waals surface area (Å²) >= 11 is 0. The molecule has 8 heteroatoms. The second kappa shape index (κ2) is 7.71. The fourth-order valence-corrected chi connectivity index (χ4v) is 4.03. The standard InChI is InChI=1S/C24H19F3N4O/c25-24(26,27)18-4-3-5-19(13-18)29-23(32)17-8-7-16-9-11-30(21(16)12-17)15-20-14-28-22-6-1-2-10-31(20)22/h1-8,10,12-14H,9,11,15H2,(H,29,32). The first-order valence-corrected chi connectivity index (χ1v) is 10.2. The fraction of sp³-hybridized carbons (Fsp3) is 0.167. The SMILES string of the molecule is O=C(Nc1cccc(C(F)(F)F)c1)c1ccc2c(c1)N(Cc1cnc3ccccn13)CC2. The predicted molar refractivity (Wildman–Crippen MR) is 116 cm³/mol. The van der Waals surface area contributed by atoms with E-state index >= 15 is 0 Å². The van der Waals surface area contributed by atoms with Crippen LogP contribution in [0.3, 0.4) is 0 Å². The maximum atomic E-state index is 13.0. The van der Waals surface area contributed by atoms with Crippen LogP contribution >= 0.6 is 0 Å². The Morgan fingerprint density at radius 2 is 1.94 bits per heavy atom. The van der Waals surface area contributed by atoms with Crippen LogP contribution in [0.5, 0.6) is 0 Å². The first-order valence-electron chi connectivity index (χ1n) is 10.2. The second-order valence-electron chi connectivity index (χ2n) is 7.73. The molecule has 0 atom stereocenters. The molecule has 1 aliphatic rings. The van der Waals surface area contributed by atoms with Gasteiger partial charge in [-0.05, 0) is 54.4 Å². The maximum absolute atomic E-state index is 13.0. The minimum absolute atomic E-state index is 0.105. The molecule has 1 aliphatic heterocycles. The first-order chi connectivity index (χ1) is 15.4. The highest BCUT2D eigenvalue weighted by Crippen LogP contribution is 2.32. The van der Waals surface area contributed by atoms with Gasteiger partial charge >= 0.3 is 6.18 Å². The summed E-state index contributed by atoms with van der Waals surface area (Å²) in [5.41, 5.74) is 3.69. The summed E-state index contributed by atoms with van der Waals surface area (Å²) in [7, 11) is 0. The van der Waals surface area contributed by atoms with Gasteiger partial charge in [-0.1, -0.05) is 18.2 Å². The molecule has 162 valence electrons. The summed E-state index contributed by atoms with van der Waals surface area (Å²) in [5, 5.41) is 2.57. The van der Waals surface area contributed by atoms with E-state index in [-0.39, 0.29) is 5.69 Å². The number of carbonyl (C=O) groups is 1. The van der Waals surface area contributed by atoms with Crippen LogP contribution in [0.25, 0.3) is 5.65 Å². The van der Waals surface area contributed by atoms with Gasteiger partial charge in [-0.3, -0.25) is 4.79 Å². The van der Waals surface area contributed by atoms with Crippen LogP contribution in [0.1, 0.15) is 27.2 Å². The van der Waals surface area contributed by atoms with Gasteiger partial charge in [0.2, 0.25) is 0 Å². The van der Waals surface area contributed by atoms with Crippen molar-refractivity contribution in [1.29, 1.82) is 0 Å². The van der Waals surface area contributed by atoms with Crippen molar-refractivity contribution in [1.82, 2.24) is 9.38 Å². The van der Waals surface area contributed by atoms with Crippen LogP contribution < -0.4 is 10.2 Å². The molecule has 0 unspecified atom stereocenters. The average Bonchev–Trinajstić information content (AvgIpc) is 3.38. The number of carbonyl (C=O) groups excluding carboxylic acids is 1. The molecule has 0 bridgehead atoms. The Bertz CT molecular complexity index is 1310. The fourth-order valence-electron chi connectivity index (χ4n) is 4.03. The number of hydrogen-bond donors (Lipinski definition) is 1. The lowest BCUT2D eigenvalue weighted by Crippen LogP contribution is -2.21. The Labute approximate surface area is 182 Å². The number of benzene rings is 2. The third-order valence-corrected chi connectivity index (χ3v) is 5.63. The number of anilines is 2. The van der Waals surface area contributed by atoms with Crippen LogP contribution in [-0.4, -0.2) is 21.8 Å². The smallest absolute Gasteiger partial charge is 0.365 e. The molecule has 2 aromatic heterocycles. The van der Waals surface area contributed by atoms with E-state index in [1.807, 2.05) is 41.1 Å². The summed E-state index contributed by atoms with van der Waals surface area (Å²) in [6.07, 6.45) is 0.208. The molecule has 5 nitrogen and oxygen atoms in total. The van der Waals surface area contributed by atoms with Gasteiger partial charge in [-0.25, -0.2) is 4.98 Å². The van der Waals surface area contributed by atoms with Crippen molar-refractivity contribution in [3.8, 4) is 0 Å². The van der Waals surface area contributed by atoms with Crippen LogP contribution in [0.2, 0.25) is 0 Å². The van der Waals surface area contributed by atoms with E-state index in [0.29, 0.717) is 12.1 Å². The van der Waals surface area contributed by atoms with Gasteiger partial charge in [-0.15, -0.1) is 0 Å². The summed E-state index contributed by atoms with van der Waals surface area (Å²) in [5.74, 6) is -0.450. The van der Waals surface area contributed by atoms with Gasteiger partial charge in [0, 0.05) is 29.7 Å². The molecule has 4 aromatic rings. The molecule has 1 amide bonds. The van der Waals surface area contributed by atoms with E-state index in [2.05, 4.69) is 15.2 Å². The summed E-state index contributed by atoms with van der Waals surface area (Å²) in [4.78, 5) is 19.4. The number of nitrogens with zero attached hydrogens (tertiary/aromatic N) is 3. The Hall–Kier alpha value is -3.81. The lowest BCUT2D eigenvalue weighted by atomic mass is 10.1. The Kier molecular flexibility index (Phi) is 4.84. The largest absolute Gasteiger partial charge is 0.416 e. The number of pyridine rings is 1. The number of alkyl halides is 3.